The Balaban J connectivity index is 0.00000128. The zero-order valence-electron chi connectivity index (χ0n) is 8.70. The Labute approximate surface area is 134 Å². The van der Waals surface area contributed by atoms with Gasteiger partial charge < -0.3 is 9.90 Å². The largest absolute Gasteiger partial charge is 1.00 e. The molecule has 0 spiro atoms. The fourth-order valence-corrected chi connectivity index (χ4v) is 1.14. The molecule has 0 radical (unpaired) electrons. The van der Waals surface area contributed by atoms with E-state index in [9.17, 15) is 9.90 Å². The predicted octanol–water partition coefficient (Wildman–Crippen LogP) is -3.91. The van der Waals surface area contributed by atoms with Crippen molar-refractivity contribution in [2.75, 3.05) is 0 Å². The van der Waals surface area contributed by atoms with E-state index in [1.54, 1.807) is 0 Å². The van der Waals surface area contributed by atoms with E-state index in [1.165, 1.54) is 4.80 Å². The summed E-state index contributed by atoms with van der Waals surface area (Å²) >= 11 is 0. The van der Waals surface area contributed by atoms with E-state index in [0.717, 1.165) is 5.56 Å². The predicted molar refractivity (Wildman–Crippen MR) is 47.7 cm³/mol. The number of rotatable bonds is 3. The molecular weight excluding hydrogens is 235 g/mol. The second-order valence-electron chi connectivity index (χ2n) is 2.92. The number of nitrogens with zero attached hydrogens (tertiary/aromatic N) is 4. The van der Waals surface area contributed by atoms with Crippen molar-refractivity contribution in [3.8, 4) is 0 Å². The molecule has 0 amide bonds. The van der Waals surface area contributed by atoms with E-state index >= 15 is 0 Å². The number of carboxylic acid groups (broad SMARTS) is 1. The fourth-order valence-electron chi connectivity index (χ4n) is 1.14. The number of aromatic carboxylic acids is 1. The van der Waals surface area contributed by atoms with Crippen LogP contribution < -0.4 is 56.5 Å². The maximum atomic E-state index is 10.4. The summed E-state index contributed by atoms with van der Waals surface area (Å²) in [4.78, 5) is 11.6. The van der Waals surface area contributed by atoms with Gasteiger partial charge in [0.25, 0.3) is 0 Å². The van der Waals surface area contributed by atoms with Gasteiger partial charge in [0.2, 0.25) is 5.82 Å². The number of hydrogen-bond donors (Lipinski definition) is 0. The van der Waals surface area contributed by atoms with Crippen molar-refractivity contribution in [2.45, 2.75) is 6.54 Å². The van der Waals surface area contributed by atoms with Crippen molar-refractivity contribution in [1.29, 1.82) is 0 Å². The molecule has 0 saturated carbocycles. The number of hydrogen-bond acceptors (Lipinski definition) is 5. The average molecular weight is 242 g/mol. The summed E-state index contributed by atoms with van der Waals surface area (Å²) in [5.41, 5.74) is 0.972. The van der Waals surface area contributed by atoms with Gasteiger partial charge in [-0.1, -0.05) is 30.3 Å². The standard InChI is InChI=1S/C9H8N4O2.K/c14-9(15)8-10-12-13(11-8)6-7-4-2-1-3-5-7;/h1-5H,6H2,(H,14,15);/q;+1/p-1. The van der Waals surface area contributed by atoms with Crippen molar-refractivity contribution in [3.05, 3.63) is 41.7 Å². The summed E-state index contributed by atoms with van der Waals surface area (Å²) in [5, 5.41) is 20.9. The Hall–Kier alpha value is -0.604. The zero-order chi connectivity index (χ0) is 10.7. The Morgan fingerprint density at radius 1 is 1.31 bits per heavy atom. The molecule has 0 aliphatic rings. The Kier molecular flexibility index (Phi) is 5.23. The van der Waals surface area contributed by atoms with Gasteiger partial charge in [0.15, 0.2) is 0 Å². The van der Waals surface area contributed by atoms with Crippen LogP contribution in [0.4, 0.5) is 0 Å². The molecule has 0 aliphatic carbocycles. The summed E-state index contributed by atoms with van der Waals surface area (Å²) in [6.07, 6.45) is 0. The van der Waals surface area contributed by atoms with Crippen molar-refractivity contribution in [2.24, 2.45) is 0 Å². The van der Waals surface area contributed by atoms with Gasteiger partial charge in [-0.25, -0.2) is 0 Å². The van der Waals surface area contributed by atoms with E-state index in [2.05, 4.69) is 15.4 Å². The van der Waals surface area contributed by atoms with Crippen LogP contribution in [-0.4, -0.2) is 26.2 Å². The Bertz CT molecular complexity index is 471. The quantitative estimate of drug-likeness (QED) is 0.514. The van der Waals surface area contributed by atoms with Crippen molar-refractivity contribution >= 4 is 5.97 Å². The van der Waals surface area contributed by atoms with Crippen LogP contribution >= 0.6 is 0 Å². The summed E-state index contributed by atoms with van der Waals surface area (Å²) < 4.78 is 0. The minimum Gasteiger partial charge on any atom is -0.541 e. The third kappa shape index (κ3) is 3.46. The van der Waals surface area contributed by atoms with Crippen LogP contribution in [0.15, 0.2) is 30.3 Å². The van der Waals surface area contributed by atoms with Crippen molar-refractivity contribution in [1.82, 2.24) is 20.2 Å². The van der Waals surface area contributed by atoms with Crippen LogP contribution in [0.25, 0.3) is 0 Å². The molecule has 2 rings (SSSR count). The van der Waals surface area contributed by atoms with Gasteiger partial charge in [-0.2, -0.15) is 4.80 Å². The van der Waals surface area contributed by atoms with Crippen LogP contribution in [0.2, 0.25) is 0 Å². The zero-order valence-corrected chi connectivity index (χ0v) is 11.8. The fraction of sp³-hybridized carbons (Fsp3) is 0.111. The van der Waals surface area contributed by atoms with Gasteiger partial charge in [0.1, 0.15) is 5.97 Å². The Morgan fingerprint density at radius 3 is 2.56 bits per heavy atom. The summed E-state index contributed by atoms with van der Waals surface area (Å²) in [5.74, 6) is -1.82. The topological polar surface area (TPSA) is 83.7 Å². The van der Waals surface area contributed by atoms with Crippen LogP contribution in [-0.2, 0) is 6.54 Å². The number of carboxylic acids is 1. The average Bonchev–Trinajstić information content (AvgIpc) is 2.68. The van der Waals surface area contributed by atoms with E-state index in [0.29, 0.717) is 6.54 Å². The third-order valence-electron chi connectivity index (χ3n) is 1.80. The van der Waals surface area contributed by atoms with E-state index < -0.39 is 11.8 Å². The van der Waals surface area contributed by atoms with Crippen LogP contribution in [0.5, 0.6) is 0 Å². The molecule has 1 heterocycles. The number of carbonyl (C=O) groups is 1. The molecule has 7 heteroatoms. The molecule has 0 atom stereocenters. The van der Waals surface area contributed by atoms with Crippen molar-refractivity contribution in [3.63, 3.8) is 0 Å². The third-order valence-corrected chi connectivity index (χ3v) is 1.80. The SMILES string of the molecule is O=C([O-])c1nnn(Cc2ccccc2)n1.[K+]. The molecule has 16 heavy (non-hydrogen) atoms. The number of benzene rings is 1. The number of carbonyl (C=O) groups excluding carboxylic acids is 1. The maximum Gasteiger partial charge on any atom is 1.00 e. The summed E-state index contributed by atoms with van der Waals surface area (Å²) in [6.45, 7) is 0.390. The van der Waals surface area contributed by atoms with Gasteiger partial charge in [0.05, 0.1) is 6.54 Å². The van der Waals surface area contributed by atoms with Gasteiger partial charge >= 0.3 is 51.4 Å². The molecule has 0 fully saturated rings. The molecular formula is C9H7KN4O2. The van der Waals surface area contributed by atoms with E-state index in [-0.39, 0.29) is 51.4 Å². The van der Waals surface area contributed by atoms with Gasteiger partial charge in [-0.15, -0.1) is 10.2 Å². The van der Waals surface area contributed by atoms with Crippen molar-refractivity contribution < 1.29 is 61.3 Å². The van der Waals surface area contributed by atoms with Gasteiger partial charge in [0, 0.05) is 0 Å². The number of tetrazole rings is 1. The minimum atomic E-state index is -1.42. The first kappa shape index (κ1) is 13.5. The molecule has 1 aromatic carbocycles. The van der Waals surface area contributed by atoms with Gasteiger partial charge in [-0.3, -0.25) is 0 Å². The molecule has 1 aromatic heterocycles. The number of aromatic nitrogens is 4. The van der Waals surface area contributed by atoms with Crippen LogP contribution in [0, 0.1) is 0 Å². The monoisotopic (exact) mass is 242 g/mol. The first-order chi connectivity index (χ1) is 7.25. The molecule has 2 aromatic rings. The second kappa shape index (κ2) is 6.21. The molecule has 0 aliphatic heterocycles. The molecule has 0 N–H and O–H groups in total. The summed E-state index contributed by atoms with van der Waals surface area (Å²) in [6, 6.07) is 9.44. The molecule has 0 bridgehead atoms. The summed E-state index contributed by atoms with van der Waals surface area (Å²) in [7, 11) is 0. The first-order valence-corrected chi connectivity index (χ1v) is 4.29. The first-order valence-electron chi connectivity index (χ1n) is 4.29. The molecule has 6 nitrogen and oxygen atoms in total. The van der Waals surface area contributed by atoms with E-state index in [1.807, 2.05) is 30.3 Å². The molecule has 76 valence electrons. The molecule has 0 unspecified atom stereocenters. The maximum absolute atomic E-state index is 10.4. The smallest absolute Gasteiger partial charge is 0.541 e. The normalized spacial score (nSPS) is 9.50. The van der Waals surface area contributed by atoms with E-state index in [4.69, 9.17) is 0 Å². The minimum absolute atomic E-state index is 0. The van der Waals surface area contributed by atoms with Crippen LogP contribution in [0.3, 0.4) is 0 Å². The molecule has 0 saturated heterocycles. The van der Waals surface area contributed by atoms with Gasteiger partial charge in [-0.05, 0) is 10.8 Å². The Morgan fingerprint density at radius 2 is 2.00 bits per heavy atom. The van der Waals surface area contributed by atoms with Crippen LogP contribution in [0.1, 0.15) is 16.2 Å². The second-order valence-corrected chi connectivity index (χ2v) is 2.92.